The Balaban J connectivity index is 1.93. The molecule has 0 aromatic heterocycles. The molecule has 0 spiro atoms. The fourth-order valence-electron chi connectivity index (χ4n) is 1.89. The summed E-state index contributed by atoms with van der Waals surface area (Å²) in [5.41, 5.74) is 0.841. The van der Waals surface area contributed by atoms with Crippen LogP contribution >= 0.6 is 11.6 Å². The minimum absolute atomic E-state index is 0.0269. The number of carbonyl (C=O) groups excluding carboxylic acids is 1. The largest absolute Gasteiger partial charge is 0.375 e. The second-order valence-electron chi connectivity index (χ2n) is 4.33. The zero-order valence-corrected chi connectivity index (χ0v) is 11.1. The molecule has 1 N–H and O–H groups in total. The van der Waals surface area contributed by atoms with Crippen LogP contribution in [-0.2, 0) is 9.53 Å². The summed E-state index contributed by atoms with van der Waals surface area (Å²) in [4.78, 5) is 13.7. The highest BCUT2D eigenvalue weighted by molar-refractivity contribution is 6.30. The quantitative estimate of drug-likeness (QED) is 0.907. The average molecular weight is 269 g/mol. The summed E-state index contributed by atoms with van der Waals surface area (Å²) in [5.74, 6) is 0.0472. The van der Waals surface area contributed by atoms with Gasteiger partial charge in [-0.15, -0.1) is 0 Å². The number of nitrogens with zero attached hydrogens (tertiary/aromatic N) is 1. The van der Waals surface area contributed by atoms with E-state index in [1.165, 1.54) is 0 Å². The molecule has 0 saturated carbocycles. The van der Waals surface area contributed by atoms with Crippen LogP contribution in [0.25, 0.3) is 0 Å². The van der Waals surface area contributed by atoms with Crippen molar-refractivity contribution in [2.75, 3.05) is 31.6 Å². The van der Waals surface area contributed by atoms with Gasteiger partial charge in [0, 0.05) is 30.8 Å². The van der Waals surface area contributed by atoms with E-state index >= 15 is 0 Å². The minimum atomic E-state index is -0.0269. The molecule has 2 rings (SSSR count). The van der Waals surface area contributed by atoms with Gasteiger partial charge in [0.25, 0.3) is 0 Å². The van der Waals surface area contributed by atoms with E-state index in [0.29, 0.717) is 18.1 Å². The summed E-state index contributed by atoms with van der Waals surface area (Å²) in [6, 6.07) is 7.22. The van der Waals surface area contributed by atoms with E-state index < -0.39 is 0 Å². The van der Waals surface area contributed by atoms with E-state index in [9.17, 15) is 4.79 Å². The monoisotopic (exact) mass is 268 g/mol. The molecule has 1 fully saturated rings. The van der Waals surface area contributed by atoms with Gasteiger partial charge in [0.2, 0.25) is 5.91 Å². The number of amides is 1. The Bertz CT molecular complexity index is 402. The van der Waals surface area contributed by atoms with Crippen molar-refractivity contribution in [3.8, 4) is 0 Å². The van der Waals surface area contributed by atoms with Crippen LogP contribution in [0.4, 0.5) is 5.69 Å². The Morgan fingerprint density at radius 3 is 2.83 bits per heavy atom. The number of ether oxygens (including phenoxy) is 1. The zero-order valence-electron chi connectivity index (χ0n) is 10.4. The van der Waals surface area contributed by atoms with Crippen molar-refractivity contribution in [3.63, 3.8) is 0 Å². The Morgan fingerprint density at radius 2 is 2.22 bits per heavy atom. The number of anilines is 1. The first-order chi connectivity index (χ1) is 8.66. The number of hydrogen-bond acceptors (Lipinski definition) is 3. The normalized spacial score (nSPS) is 19.6. The van der Waals surface area contributed by atoms with Gasteiger partial charge in [-0.25, -0.2) is 0 Å². The van der Waals surface area contributed by atoms with E-state index in [2.05, 4.69) is 5.32 Å². The van der Waals surface area contributed by atoms with Gasteiger partial charge in [0.05, 0.1) is 19.1 Å². The first kappa shape index (κ1) is 13.3. The third-order valence-electron chi connectivity index (χ3n) is 2.99. The predicted octanol–water partition coefficient (Wildman–Crippen LogP) is 1.68. The molecule has 1 aromatic carbocycles. The highest BCUT2D eigenvalue weighted by Gasteiger charge is 2.20. The maximum atomic E-state index is 12.1. The van der Waals surface area contributed by atoms with Gasteiger partial charge >= 0.3 is 0 Å². The molecule has 1 aliphatic heterocycles. The zero-order chi connectivity index (χ0) is 13.0. The van der Waals surface area contributed by atoms with Crippen LogP contribution in [0, 0.1) is 0 Å². The minimum Gasteiger partial charge on any atom is -0.375 e. The molecular formula is C13H17ClN2O2. The van der Waals surface area contributed by atoms with Crippen molar-refractivity contribution in [1.82, 2.24) is 5.32 Å². The maximum absolute atomic E-state index is 12.1. The third-order valence-corrected chi connectivity index (χ3v) is 3.25. The van der Waals surface area contributed by atoms with Crippen LogP contribution in [0.15, 0.2) is 24.3 Å². The average Bonchev–Trinajstić information content (AvgIpc) is 2.40. The van der Waals surface area contributed by atoms with Crippen molar-refractivity contribution in [1.29, 1.82) is 0 Å². The number of rotatable bonds is 3. The van der Waals surface area contributed by atoms with E-state index in [4.69, 9.17) is 16.3 Å². The second kappa shape index (κ2) is 6.18. The molecule has 1 aliphatic rings. The summed E-state index contributed by atoms with van der Waals surface area (Å²) in [6.45, 7) is 2.26. The van der Waals surface area contributed by atoms with Gasteiger partial charge < -0.3 is 15.0 Å². The summed E-state index contributed by atoms with van der Waals surface area (Å²) in [6.07, 6.45) is 0.368. The van der Waals surface area contributed by atoms with Gasteiger partial charge in [0.1, 0.15) is 0 Å². The molecule has 0 radical (unpaired) electrons. The Kier molecular flexibility index (Phi) is 4.58. The fourth-order valence-corrected chi connectivity index (χ4v) is 2.02. The molecule has 1 amide bonds. The van der Waals surface area contributed by atoms with Gasteiger partial charge in [-0.1, -0.05) is 11.6 Å². The van der Waals surface area contributed by atoms with E-state index in [-0.39, 0.29) is 12.0 Å². The molecule has 1 saturated heterocycles. The number of hydrogen-bond donors (Lipinski definition) is 1. The molecule has 1 aromatic rings. The third kappa shape index (κ3) is 3.45. The molecule has 1 unspecified atom stereocenters. The van der Waals surface area contributed by atoms with Gasteiger partial charge in [-0.3, -0.25) is 4.79 Å². The van der Waals surface area contributed by atoms with Crippen LogP contribution in [0.1, 0.15) is 6.42 Å². The number of carbonyl (C=O) groups is 1. The smallest absolute Gasteiger partial charge is 0.229 e. The number of morpholine rings is 1. The van der Waals surface area contributed by atoms with Crippen molar-refractivity contribution in [2.45, 2.75) is 12.5 Å². The van der Waals surface area contributed by atoms with Crippen molar-refractivity contribution >= 4 is 23.2 Å². The maximum Gasteiger partial charge on any atom is 0.229 e. The highest BCUT2D eigenvalue weighted by Crippen LogP contribution is 2.18. The topological polar surface area (TPSA) is 41.6 Å². The molecular weight excluding hydrogens is 252 g/mol. The van der Waals surface area contributed by atoms with Crippen molar-refractivity contribution in [2.24, 2.45) is 0 Å². The Hall–Kier alpha value is -1.10. The van der Waals surface area contributed by atoms with Crippen LogP contribution < -0.4 is 10.2 Å². The van der Waals surface area contributed by atoms with Gasteiger partial charge in [-0.2, -0.15) is 0 Å². The summed E-state index contributed by atoms with van der Waals surface area (Å²) < 4.78 is 5.52. The SMILES string of the molecule is CN(C(=O)CC1CNCCO1)c1ccc(Cl)cc1. The van der Waals surface area contributed by atoms with Crippen molar-refractivity contribution in [3.05, 3.63) is 29.3 Å². The fraction of sp³-hybridized carbons (Fsp3) is 0.462. The van der Waals surface area contributed by atoms with Crippen LogP contribution in [-0.4, -0.2) is 38.8 Å². The van der Waals surface area contributed by atoms with Gasteiger partial charge in [-0.05, 0) is 24.3 Å². The summed E-state index contributed by atoms with van der Waals surface area (Å²) in [7, 11) is 1.77. The lowest BCUT2D eigenvalue weighted by molar-refractivity contribution is -0.121. The Labute approximate surface area is 112 Å². The van der Waals surface area contributed by atoms with E-state index in [1.54, 1.807) is 24.1 Å². The Morgan fingerprint density at radius 1 is 1.50 bits per heavy atom. The second-order valence-corrected chi connectivity index (χ2v) is 4.77. The van der Waals surface area contributed by atoms with Crippen molar-refractivity contribution < 1.29 is 9.53 Å². The lowest BCUT2D eigenvalue weighted by atomic mass is 10.2. The molecule has 1 atom stereocenters. The molecule has 0 aliphatic carbocycles. The molecule has 4 nitrogen and oxygen atoms in total. The number of halogens is 1. The van der Waals surface area contributed by atoms with Gasteiger partial charge in [0.15, 0.2) is 0 Å². The first-order valence-corrected chi connectivity index (χ1v) is 6.39. The summed E-state index contributed by atoms with van der Waals surface area (Å²) >= 11 is 5.82. The van der Waals surface area contributed by atoms with E-state index in [1.807, 2.05) is 12.1 Å². The van der Waals surface area contributed by atoms with E-state index in [0.717, 1.165) is 18.8 Å². The lowest BCUT2D eigenvalue weighted by Crippen LogP contribution is -2.41. The highest BCUT2D eigenvalue weighted by atomic mass is 35.5. The first-order valence-electron chi connectivity index (χ1n) is 6.01. The molecule has 1 heterocycles. The lowest BCUT2D eigenvalue weighted by Gasteiger charge is -2.25. The number of nitrogens with one attached hydrogen (secondary N) is 1. The molecule has 18 heavy (non-hydrogen) atoms. The van der Waals surface area contributed by atoms with Crippen LogP contribution in [0.5, 0.6) is 0 Å². The number of benzene rings is 1. The molecule has 0 bridgehead atoms. The molecule has 5 heteroatoms. The van der Waals surface area contributed by atoms with Crippen LogP contribution in [0.3, 0.4) is 0 Å². The predicted molar refractivity (Wildman–Crippen MR) is 72.1 cm³/mol. The summed E-state index contributed by atoms with van der Waals surface area (Å²) in [5, 5.41) is 3.88. The molecule has 98 valence electrons. The van der Waals surface area contributed by atoms with Crippen LogP contribution in [0.2, 0.25) is 5.02 Å². The standard InChI is InChI=1S/C13H17ClN2O2/c1-16(11-4-2-10(14)3-5-11)13(17)8-12-9-15-6-7-18-12/h2-5,12,15H,6-9H2,1H3.